The van der Waals surface area contributed by atoms with E-state index >= 15 is 0 Å². The van der Waals surface area contributed by atoms with Crippen LogP contribution in [0.15, 0.2) is 40.8 Å². The lowest BCUT2D eigenvalue weighted by atomic mass is 9.96. The third-order valence-electron chi connectivity index (χ3n) is 3.50. The molecule has 0 fully saturated rings. The lowest BCUT2D eigenvalue weighted by Gasteiger charge is -2.18. The van der Waals surface area contributed by atoms with E-state index in [0.717, 1.165) is 11.1 Å². The Morgan fingerprint density at radius 2 is 1.88 bits per heavy atom. The molecule has 3 nitrogen and oxygen atoms in total. The molecule has 7 heteroatoms. The Kier molecular flexibility index (Phi) is 7.11. The molecular weight excluding hydrogens is 409 g/mol. The zero-order valence-electron chi connectivity index (χ0n) is 14.9. The van der Waals surface area contributed by atoms with Crippen LogP contribution in [0.2, 0.25) is 10.0 Å². The number of thiocarbonyl (C=S) groups is 1. The molecule has 0 amide bonds. The van der Waals surface area contributed by atoms with Crippen molar-refractivity contribution in [2.45, 2.75) is 25.5 Å². The van der Waals surface area contributed by atoms with Crippen LogP contribution >= 0.6 is 35.4 Å². The molecule has 0 spiro atoms. The van der Waals surface area contributed by atoms with Gasteiger partial charge in [0.2, 0.25) is 0 Å². The molecule has 138 valence electrons. The van der Waals surface area contributed by atoms with Crippen molar-refractivity contribution >= 4 is 58.0 Å². The summed E-state index contributed by atoms with van der Waals surface area (Å²) in [5.41, 5.74) is 2.90. The molecule has 26 heavy (non-hydrogen) atoms. The predicted octanol–water partition coefficient (Wildman–Crippen LogP) is 5.86. The highest BCUT2D eigenvalue weighted by atomic mass is 35.5. The number of hydrogen-bond donors (Lipinski definition) is 0. The van der Waals surface area contributed by atoms with Gasteiger partial charge in [0.1, 0.15) is 16.1 Å². The molecule has 0 saturated carbocycles. The van der Waals surface area contributed by atoms with E-state index in [1.54, 1.807) is 18.3 Å². The average Bonchev–Trinajstić information content (AvgIpc) is 2.57. The smallest absolute Gasteiger partial charge is 0.191 e. The molecule has 0 saturated heterocycles. The second-order valence-corrected chi connectivity index (χ2v) is 9.63. The van der Waals surface area contributed by atoms with Crippen molar-refractivity contribution < 1.29 is 9.29 Å². The van der Waals surface area contributed by atoms with Gasteiger partial charge in [0, 0.05) is 21.7 Å². The summed E-state index contributed by atoms with van der Waals surface area (Å²) in [5, 5.41) is 1.27. The zero-order chi connectivity index (χ0) is 19.5. The van der Waals surface area contributed by atoms with Crippen LogP contribution in [0.4, 0.5) is 0 Å². The van der Waals surface area contributed by atoms with Crippen molar-refractivity contribution in [2.75, 3.05) is 7.11 Å². The molecule has 2 rings (SSSR count). The fraction of sp³-hybridized carbons (Fsp3) is 0.263. The van der Waals surface area contributed by atoms with Gasteiger partial charge in [-0.25, -0.2) is 0 Å². The van der Waals surface area contributed by atoms with Gasteiger partial charge in [-0.15, -0.1) is 0 Å². The van der Waals surface area contributed by atoms with Crippen molar-refractivity contribution in [3.63, 3.8) is 0 Å². The van der Waals surface area contributed by atoms with Gasteiger partial charge in [0.25, 0.3) is 0 Å². The van der Waals surface area contributed by atoms with Crippen molar-refractivity contribution in [1.82, 2.24) is 0 Å². The number of methoxy groups -OCH3 is 1. The second kappa shape index (κ2) is 8.72. The zero-order valence-corrected chi connectivity index (χ0v) is 18.0. The Hall–Kier alpha value is -1.11. The fourth-order valence-corrected chi connectivity index (χ4v) is 3.55. The number of halogens is 2. The molecule has 2 aromatic rings. The minimum Gasteiger partial charge on any atom is -0.591 e. The van der Waals surface area contributed by atoms with E-state index in [2.05, 4.69) is 4.40 Å². The van der Waals surface area contributed by atoms with E-state index in [-0.39, 0.29) is 0 Å². The minimum absolute atomic E-state index is 0.354. The van der Waals surface area contributed by atoms with Gasteiger partial charge in [-0.3, -0.25) is 0 Å². The lowest BCUT2D eigenvalue weighted by molar-refractivity contribution is 0.416. The molecule has 1 unspecified atom stereocenters. The Balaban J connectivity index is 2.64. The van der Waals surface area contributed by atoms with Gasteiger partial charge < -0.3 is 9.29 Å². The van der Waals surface area contributed by atoms with Crippen LogP contribution in [0, 0.1) is 0 Å². The number of ether oxygens (including phenoxy) is 1. The van der Waals surface area contributed by atoms with Crippen molar-refractivity contribution in [1.29, 1.82) is 0 Å². The molecule has 0 heterocycles. The number of rotatable bonds is 4. The third kappa shape index (κ3) is 4.99. The fourth-order valence-electron chi connectivity index (χ4n) is 2.23. The molecular formula is C19H19Cl2NO2S2. The van der Waals surface area contributed by atoms with Gasteiger partial charge in [-0.1, -0.05) is 45.8 Å². The average molecular weight is 428 g/mol. The summed E-state index contributed by atoms with van der Waals surface area (Å²) in [4.78, 5) is 0. The summed E-state index contributed by atoms with van der Waals surface area (Å²) in [6.07, 6.45) is 1.54. The Labute approximate surface area is 172 Å². The van der Waals surface area contributed by atoms with Crippen molar-refractivity contribution in [2.24, 2.45) is 4.40 Å². The van der Waals surface area contributed by atoms with Gasteiger partial charge in [0.15, 0.2) is 5.05 Å². The number of benzene rings is 2. The molecule has 0 aliphatic heterocycles. The first-order valence-corrected chi connectivity index (χ1v) is 10.0. The molecule has 0 aromatic heterocycles. The van der Waals surface area contributed by atoms with Gasteiger partial charge in [-0.05, 0) is 56.8 Å². The standard InChI is InChI=1S/C19H19Cl2NO2S2/c1-19(2,3)26(23)22-11-12-9-13(20)10-16(21)17(12)14-7-5-6-8-15(14)18(25)24-4/h5-11H,1-4H3/b22-11+. The quantitative estimate of drug-likeness (QED) is 0.348. The molecule has 2 aromatic carbocycles. The Bertz CT molecular complexity index is 848. The van der Waals surface area contributed by atoms with E-state index in [1.165, 1.54) is 7.11 Å². The van der Waals surface area contributed by atoms with E-state index < -0.39 is 16.1 Å². The summed E-state index contributed by atoms with van der Waals surface area (Å²) >= 11 is 16.6. The first-order chi connectivity index (χ1) is 12.1. The highest BCUT2D eigenvalue weighted by Crippen LogP contribution is 2.36. The minimum atomic E-state index is -1.40. The third-order valence-corrected chi connectivity index (χ3v) is 5.75. The number of nitrogens with zero attached hydrogens (tertiary/aromatic N) is 1. The maximum absolute atomic E-state index is 12.3. The van der Waals surface area contributed by atoms with Gasteiger partial charge >= 0.3 is 0 Å². The lowest BCUT2D eigenvalue weighted by Crippen LogP contribution is -2.25. The highest BCUT2D eigenvalue weighted by Gasteiger charge is 2.26. The Morgan fingerprint density at radius 3 is 2.50 bits per heavy atom. The maximum atomic E-state index is 12.3. The van der Waals surface area contributed by atoms with Crippen LogP contribution in [0.1, 0.15) is 31.9 Å². The van der Waals surface area contributed by atoms with E-state index in [0.29, 0.717) is 26.2 Å². The van der Waals surface area contributed by atoms with Crippen LogP contribution in [0.3, 0.4) is 0 Å². The largest absolute Gasteiger partial charge is 0.591 e. The van der Waals surface area contributed by atoms with Gasteiger partial charge in [0.05, 0.1) is 18.3 Å². The second-order valence-electron chi connectivity index (χ2n) is 6.49. The first-order valence-electron chi connectivity index (χ1n) is 7.78. The molecule has 0 N–H and O–H groups in total. The Morgan fingerprint density at radius 1 is 1.23 bits per heavy atom. The van der Waals surface area contributed by atoms with Crippen LogP contribution in [-0.4, -0.2) is 27.7 Å². The maximum Gasteiger partial charge on any atom is 0.191 e. The van der Waals surface area contributed by atoms with Crippen LogP contribution in [0.5, 0.6) is 0 Å². The van der Waals surface area contributed by atoms with Gasteiger partial charge in [-0.2, -0.15) is 0 Å². The summed E-state index contributed by atoms with van der Waals surface area (Å²) in [6, 6.07) is 10.9. The van der Waals surface area contributed by atoms with E-state index in [1.807, 2.05) is 45.0 Å². The van der Waals surface area contributed by atoms with Crippen molar-refractivity contribution in [3.05, 3.63) is 57.6 Å². The number of hydrogen-bond acceptors (Lipinski definition) is 4. The first kappa shape index (κ1) is 21.2. The topological polar surface area (TPSA) is 44.6 Å². The van der Waals surface area contributed by atoms with Crippen LogP contribution in [0.25, 0.3) is 11.1 Å². The van der Waals surface area contributed by atoms with Crippen molar-refractivity contribution in [3.8, 4) is 11.1 Å². The van der Waals surface area contributed by atoms with E-state index in [4.69, 9.17) is 40.2 Å². The predicted molar refractivity (Wildman–Crippen MR) is 116 cm³/mol. The molecule has 1 atom stereocenters. The molecule has 0 bridgehead atoms. The molecule has 0 aliphatic carbocycles. The molecule has 0 aliphatic rings. The monoisotopic (exact) mass is 427 g/mol. The summed E-state index contributed by atoms with van der Waals surface area (Å²) in [6.45, 7) is 5.58. The summed E-state index contributed by atoms with van der Waals surface area (Å²) < 4.78 is 21.2. The SMILES string of the molecule is COC(=S)c1ccccc1-c1c(Cl)cc(Cl)cc1/C=N/[S+]([O-])C(C)(C)C. The summed E-state index contributed by atoms with van der Waals surface area (Å²) in [7, 11) is 1.53. The molecule has 0 radical (unpaired) electrons. The van der Waals surface area contributed by atoms with E-state index in [9.17, 15) is 4.55 Å². The van der Waals surface area contributed by atoms with Crippen LogP contribution < -0.4 is 0 Å². The normalized spacial score (nSPS) is 13.0. The van der Waals surface area contributed by atoms with Crippen LogP contribution in [-0.2, 0) is 16.1 Å². The highest BCUT2D eigenvalue weighted by molar-refractivity contribution is 7.91. The summed E-state index contributed by atoms with van der Waals surface area (Å²) in [5.74, 6) is 0.